The first-order valence-corrected chi connectivity index (χ1v) is 10.5. The van der Waals surface area contributed by atoms with E-state index in [2.05, 4.69) is 5.32 Å². The fourth-order valence-corrected chi connectivity index (χ4v) is 3.67. The summed E-state index contributed by atoms with van der Waals surface area (Å²) in [5, 5.41) is 3.33. The zero-order valence-electron chi connectivity index (χ0n) is 17.3. The van der Waals surface area contributed by atoms with E-state index in [9.17, 15) is 9.59 Å². The SMILES string of the molecule is CCCOc1ccc(NC(=O)C[C@@H]2C(=O)N(C)C(=S)N2CCc2ccccc2)cc1. The molecule has 0 spiro atoms. The van der Waals surface area contributed by atoms with E-state index in [4.69, 9.17) is 17.0 Å². The van der Waals surface area contributed by atoms with Crippen LogP contribution in [-0.4, -0.2) is 53.0 Å². The van der Waals surface area contributed by atoms with Crippen LogP contribution in [0.1, 0.15) is 25.3 Å². The summed E-state index contributed by atoms with van der Waals surface area (Å²) >= 11 is 5.45. The van der Waals surface area contributed by atoms with E-state index in [0.717, 1.165) is 24.2 Å². The van der Waals surface area contributed by atoms with E-state index in [1.807, 2.05) is 54.3 Å². The maximum absolute atomic E-state index is 12.7. The van der Waals surface area contributed by atoms with Gasteiger partial charge in [0.2, 0.25) is 5.91 Å². The summed E-state index contributed by atoms with van der Waals surface area (Å²) in [6.45, 7) is 3.28. The molecule has 3 rings (SSSR count). The van der Waals surface area contributed by atoms with Crippen LogP contribution in [0.4, 0.5) is 5.69 Å². The van der Waals surface area contributed by atoms with Crippen molar-refractivity contribution in [3.8, 4) is 5.75 Å². The van der Waals surface area contributed by atoms with Crippen LogP contribution in [0.5, 0.6) is 5.75 Å². The minimum atomic E-state index is -0.585. The Balaban J connectivity index is 1.61. The predicted molar refractivity (Wildman–Crippen MR) is 121 cm³/mol. The average molecular weight is 426 g/mol. The minimum absolute atomic E-state index is 0.0478. The van der Waals surface area contributed by atoms with E-state index in [-0.39, 0.29) is 18.2 Å². The van der Waals surface area contributed by atoms with Crippen LogP contribution < -0.4 is 10.1 Å². The molecule has 2 aromatic carbocycles. The Morgan fingerprint density at radius 2 is 1.83 bits per heavy atom. The van der Waals surface area contributed by atoms with Gasteiger partial charge in [0.1, 0.15) is 11.8 Å². The number of nitrogens with zero attached hydrogens (tertiary/aromatic N) is 2. The monoisotopic (exact) mass is 425 g/mol. The molecular formula is C23H27N3O3S. The van der Waals surface area contributed by atoms with Crippen molar-refractivity contribution in [1.82, 2.24) is 9.80 Å². The number of ether oxygens (including phenoxy) is 1. The molecule has 30 heavy (non-hydrogen) atoms. The lowest BCUT2D eigenvalue weighted by atomic mass is 10.1. The van der Waals surface area contributed by atoms with Gasteiger partial charge >= 0.3 is 0 Å². The van der Waals surface area contributed by atoms with Gasteiger partial charge in [-0.1, -0.05) is 37.3 Å². The van der Waals surface area contributed by atoms with E-state index in [1.165, 1.54) is 4.90 Å². The third kappa shape index (κ3) is 5.36. The number of carbonyl (C=O) groups is 2. The number of likely N-dealkylation sites (N-methyl/N-ethyl adjacent to an activating group) is 1. The Kier molecular flexibility index (Phi) is 7.41. The van der Waals surface area contributed by atoms with Crippen molar-refractivity contribution in [1.29, 1.82) is 0 Å². The summed E-state index contributed by atoms with van der Waals surface area (Å²) in [6.07, 6.45) is 1.73. The van der Waals surface area contributed by atoms with Crippen molar-refractivity contribution in [3.05, 3.63) is 60.2 Å². The molecular weight excluding hydrogens is 398 g/mol. The minimum Gasteiger partial charge on any atom is -0.494 e. The molecule has 0 radical (unpaired) electrons. The van der Waals surface area contributed by atoms with E-state index in [0.29, 0.717) is 24.0 Å². The Bertz CT molecular complexity index is 886. The van der Waals surface area contributed by atoms with Crippen molar-refractivity contribution in [2.75, 3.05) is 25.5 Å². The largest absolute Gasteiger partial charge is 0.494 e. The number of amides is 2. The lowest BCUT2D eigenvalue weighted by Crippen LogP contribution is -2.39. The molecule has 1 atom stereocenters. The Labute approximate surface area is 182 Å². The standard InChI is InChI=1S/C23H27N3O3S/c1-3-15-29-19-11-9-18(10-12-19)24-21(27)16-20-22(28)25(2)23(30)26(20)14-13-17-7-5-4-6-8-17/h4-12,20H,3,13-16H2,1-2H3,(H,24,27)/t20-/m1/s1. The van der Waals surface area contributed by atoms with Crippen molar-refractivity contribution in [3.63, 3.8) is 0 Å². The molecule has 1 aliphatic rings. The Hall–Kier alpha value is -2.93. The summed E-state index contributed by atoms with van der Waals surface area (Å²) in [5.74, 6) is 0.393. The van der Waals surface area contributed by atoms with Gasteiger partial charge in [-0.3, -0.25) is 14.5 Å². The topological polar surface area (TPSA) is 61.9 Å². The van der Waals surface area contributed by atoms with Gasteiger partial charge in [0, 0.05) is 19.3 Å². The molecule has 0 bridgehead atoms. The average Bonchev–Trinajstić information content (AvgIpc) is 2.96. The lowest BCUT2D eigenvalue weighted by Gasteiger charge is -2.23. The van der Waals surface area contributed by atoms with Crippen LogP contribution in [0.25, 0.3) is 0 Å². The highest BCUT2D eigenvalue weighted by molar-refractivity contribution is 7.80. The van der Waals surface area contributed by atoms with Crippen LogP contribution in [0.15, 0.2) is 54.6 Å². The highest BCUT2D eigenvalue weighted by Crippen LogP contribution is 2.21. The lowest BCUT2D eigenvalue weighted by molar-refractivity contribution is -0.130. The van der Waals surface area contributed by atoms with Gasteiger partial charge in [-0.25, -0.2) is 0 Å². The molecule has 0 unspecified atom stereocenters. The predicted octanol–water partition coefficient (Wildman–Crippen LogP) is 3.47. The van der Waals surface area contributed by atoms with E-state index < -0.39 is 6.04 Å². The summed E-state index contributed by atoms with van der Waals surface area (Å²) in [6, 6.07) is 16.7. The second kappa shape index (κ2) is 10.2. The number of rotatable bonds is 9. The highest BCUT2D eigenvalue weighted by atomic mass is 32.1. The zero-order valence-corrected chi connectivity index (χ0v) is 18.2. The first-order chi connectivity index (χ1) is 14.5. The molecule has 6 nitrogen and oxygen atoms in total. The molecule has 158 valence electrons. The van der Waals surface area contributed by atoms with Gasteiger partial charge < -0.3 is 15.0 Å². The van der Waals surface area contributed by atoms with E-state index in [1.54, 1.807) is 19.2 Å². The number of anilines is 1. The van der Waals surface area contributed by atoms with Crippen molar-refractivity contribution in [2.45, 2.75) is 32.2 Å². The number of carbonyl (C=O) groups excluding carboxylic acids is 2. The summed E-state index contributed by atoms with van der Waals surface area (Å²) < 4.78 is 5.55. The molecule has 1 N–H and O–H groups in total. The van der Waals surface area contributed by atoms with Crippen LogP contribution in [0.2, 0.25) is 0 Å². The molecule has 0 saturated carbocycles. The first kappa shape index (κ1) is 21.8. The molecule has 2 aromatic rings. The summed E-state index contributed by atoms with van der Waals surface area (Å²) in [7, 11) is 1.66. The molecule has 1 aliphatic heterocycles. The van der Waals surface area contributed by atoms with Crippen molar-refractivity contribution < 1.29 is 14.3 Å². The third-order valence-corrected chi connectivity index (χ3v) is 5.51. The zero-order chi connectivity index (χ0) is 21.5. The molecule has 1 fully saturated rings. The summed E-state index contributed by atoms with van der Waals surface area (Å²) in [5.41, 5.74) is 1.83. The molecule has 2 amide bonds. The highest BCUT2D eigenvalue weighted by Gasteiger charge is 2.41. The van der Waals surface area contributed by atoms with Crippen LogP contribution in [0, 0.1) is 0 Å². The normalized spacial score (nSPS) is 16.1. The van der Waals surface area contributed by atoms with Gasteiger partial charge in [-0.2, -0.15) is 0 Å². The van der Waals surface area contributed by atoms with Crippen molar-refractivity contribution >= 4 is 34.8 Å². The molecule has 0 aromatic heterocycles. The maximum atomic E-state index is 12.7. The number of thiocarbonyl (C=S) groups is 1. The van der Waals surface area contributed by atoms with Gasteiger partial charge in [-0.15, -0.1) is 0 Å². The number of benzene rings is 2. The molecule has 7 heteroatoms. The molecule has 1 heterocycles. The number of nitrogens with one attached hydrogen (secondary N) is 1. The fourth-order valence-electron chi connectivity index (χ4n) is 3.36. The van der Waals surface area contributed by atoms with Gasteiger partial charge in [0.15, 0.2) is 5.11 Å². The second-order valence-corrected chi connectivity index (χ2v) is 7.61. The summed E-state index contributed by atoms with van der Waals surface area (Å²) in [4.78, 5) is 28.6. The van der Waals surface area contributed by atoms with Crippen molar-refractivity contribution in [2.24, 2.45) is 0 Å². The van der Waals surface area contributed by atoms with E-state index >= 15 is 0 Å². The van der Waals surface area contributed by atoms with Gasteiger partial charge in [-0.05, 0) is 54.9 Å². The fraction of sp³-hybridized carbons (Fsp3) is 0.348. The quantitative estimate of drug-likeness (QED) is 0.624. The molecule has 0 aliphatic carbocycles. The Morgan fingerprint density at radius 1 is 1.13 bits per heavy atom. The Morgan fingerprint density at radius 3 is 2.50 bits per heavy atom. The van der Waals surface area contributed by atoms with Crippen LogP contribution in [-0.2, 0) is 16.0 Å². The first-order valence-electron chi connectivity index (χ1n) is 10.1. The van der Waals surface area contributed by atoms with Crippen LogP contribution in [0.3, 0.4) is 0 Å². The smallest absolute Gasteiger partial charge is 0.251 e. The second-order valence-electron chi connectivity index (χ2n) is 7.25. The van der Waals surface area contributed by atoms with Gasteiger partial charge in [0.25, 0.3) is 5.91 Å². The van der Waals surface area contributed by atoms with Gasteiger partial charge in [0.05, 0.1) is 13.0 Å². The maximum Gasteiger partial charge on any atom is 0.251 e. The molecule has 1 saturated heterocycles. The van der Waals surface area contributed by atoms with Crippen LogP contribution >= 0.6 is 12.2 Å². The number of hydrogen-bond donors (Lipinski definition) is 1. The third-order valence-electron chi connectivity index (χ3n) is 5.00. The number of hydrogen-bond acceptors (Lipinski definition) is 4.